The van der Waals surface area contributed by atoms with Gasteiger partial charge in [0.25, 0.3) is 0 Å². The van der Waals surface area contributed by atoms with Crippen LogP contribution in [0, 0.1) is 0 Å². The Hall–Kier alpha value is -3.40. The lowest BCUT2D eigenvalue weighted by atomic mass is 10.0. The van der Waals surface area contributed by atoms with E-state index in [0.29, 0.717) is 17.8 Å². The molecule has 4 heteroatoms. The number of amides is 2. The molecule has 0 aromatic heterocycles. The van der Waals surface area contributed by atoms with Crippen LogP contribution in [0.2, 0.25) is 0 Å². The lowest BCUT2D eigenvalue weighted by molar-refractivity contribution is -0.135. The lowest BCUT2D eigenvalue weighted by Gasteiger charge is -2.15. The van der Waals surface area contributed by atoms with Crippen molar-refractivity contribution in [2.45, 2.75) is 6.42 Å². The molecule has 4 nitrogen and oxygen atoms in total. The van der Waals surface area contributed by atoms with Crippen LogP contribution in [0.5, 0.6) is 0 Å². The Morgan fingerprint density at radius 2 is 1.48 bits per heavy atom. The Kier molecular flexibility index (Phi) is 5.22. The predicted octanol–water partition coefficient (Wildman–Crippen LogP) is 3.67. The van der Waals surface area contributed by atoms with Gasteiger partial charge in [0.05, 0.1) is 0 Å². The Bertz CT molecular complexity index is 850. The smallest absolute Gasteiger partial charge is 0.314 e. The van der Waals surface area contributed by atoms with Crippen LogP contribution in [0.1, 0.15) is 12.0 Å². The van der Waals surface area contributed by atoms with Crippen LogP contribution in [0.15, 0.2) is 90.2 Å². The van der Waals surface area contributed by atoms with Gasteiger partial charge in [0.15, 0.2) is 0 Å². The molecule has 25 heavy (non-hydrogen) atoms. The first-order valence-electron chi connectivity index (χ1n) is 8.02. The fourth-order valence-electron chi connectivity index (χ4n) is 2.47. The molecule has 2 aromatic rings. The van der Waals surface area contributed by atoms with E-state index in [1.54, 1.807) is 30.3 Å². The zero-order valence-corrected chi connectivity index (χ0v) is 13.6. The van der Waals surface area contributed by atoms with Crippen molar-refractivity contribution in [1.82, 2.24) is 5.32 Å². The molecule has 2 aromatic carbocycles. The van der Waals surface area contributed by atoms with Gasteiger partial charge in [0.1, 0.15) is 0 Å². The van der Waals surface area contributed by atoms with E-state index in [4.69, 9.17) is 0 Å². The number of carbonyl (C=O) groups is 2. The number of anilines is 1. The maximum atomic E-state index is 12.2. The van der Waals surface area contributed by atoms with Gasteiger partial charge < -0.3 is 10.6 Å². The highest BCUT2D eigenvalue weighted by molar-refractivity contribution is 6.40. The van der Waals surface area contributed by atoms with Crippen LogP contribution < -0.4 is 10.6 Å². The van der Waals surface area contributed by atoms with Crippen molar-refractivity contribution < 1.29 is 9.59 Å². The summed E-state index contributed by atoms with van der Waals surface area (Å²) in [5.41, 5.74) is 3.22. The Morgan fingerprint density at radius 1 is 0.840 bits per heavy atom. The van der Waals surface area contributed by atoms with Gasteiger partial charge in [-0.25, -0.2) is 0 Å². The van der Waals surface area contributed by atoms with Crippen LogP contribution in [-0.2, 0) is 9.59 Å². The molecule has 124 valence electrons. The van der Waals surface area contributed by atoms with E-state index in [9.17, 15) is 9.59 Å². The van der Waals surface area contributed by atoms with Crippen molar-refractivity contribution in [2.75, 3.05) is 5.32 Å². The molecule has 0 radical (unpaired) electrons. The van der Waals surface area contributed by atoms with Crippen LogP contribution in [-0.4, -0.2) is 11.8 Å². The van der Waals surface area contributed by atoms with E-state index in [2.05, 4.69) is 10.6 Å². The van der Waals surface area contributed by atoms with Crippen LogP contribution >= 0.6 is 0 Å². The monoisotopic (exact) mass is 330 g/mol. The summed E-state index contributed by atoms with van der Waals surface area (Å²) in [6.45, 7) is 0. The van der Waals surface area contributed by atoms with Crippen LogP contribution in [0.4, 0.5) is 5.69 Å². The number of benzene rings is 2. The van der Waals surface area contributed by atoms with E-state index in [1.807, 2.05) is 54.6 Å². The summed E-state index contributed by atoms with van der Waals surface area (Å²) in [4.78, 5) is 24.3. The van der Waals surface area contributed by atoms with Gasteiger partial charge in [-0.2, -0.15) is 0 Å². The minimum absolute atomic E-state index is 0.584. The molecule has 1 aliphatic rings. The third kappa shape index (κ3) is 4.54. The van der Waals surface area contributed by atoms with Crippen molar-refractivity contribution in [3.63, 3.8) is 0 Å². The third-order valence-corrected chi connectivity index (χ3v) is 3.71. The minimum atomic E-state index is -0.694. The highest BCUT2D eigenvalue weighted by Gasteiger charge is 2.17. The third-order valence-electron chi connectivity index (χ3n) is 3.71. The summed E-state index contributed by atoms with van der Waals surface area (Å²) in [6, 6.07) is 18.7. The van der Waals surface area contributed by atoms with Gasteiger partial charge in [-0.3, -0.25) is 9.59 Å². The molecular weight excluding hydrogens is 312 g/mol. The van der Waals surface area contributed by atoms with Crippen molar-refractivity contribution >= 4 is 23.6 Å². The van der Waals surface area contributed by atoms with Gasteiger partial charge in [-0.15, -0.1) is 0 Å². The normalized spacial score (nSPS) is 14.7. The second-order valence-electron chi connectivity index (χ2n) is 5.57. The van der Waals surface area contributed by atoms with Gasteiger partial charge in [0, 0.05) is 11.4 Å². The van der Waals surface area contributed by atoms with Crippen molar-refractivity contribution in [3.8, 4) is 0 Å². The second-order valence-corrected chi connectivity index (χ2v) is 5.57. The number of para-hydroxylation sites is 1. The molecular formula is C21H18N2O2. The first-order valence-corrected chi connectivity index (χ1v) is 8.02. The quantitative estimate of drug-likeness (QED) is 0.844. The number of nitrogens with one attached hydrogen (secondary N) is 2. The highest BCUT2D eigenvalue weighted by atomic mass is 16.2. The molecule has 0 fully saturated rings. The van der Waals surface area contributed by atoms with E-state index in [1.165, 1.54) is 0 Å². The SMILES string of the molecule is O=C(NC1=CC=CCC1=Cc1ccccc1)C(=O)Nc1ccccc1. The number of allylic oxidation sites excluding steroid dienone is 4. The Balaban J connectivity index is 1.70. The molecule has 1 aliphatic carbocycles. The van der Waals surface area contributed by atoms with E-state index in [-0.39, 0.29) is 0 Å². The van der Waals surface area contributed by atoms with Crippen molar-refractivity contribution in [2.24, 2.45) is 0 Å². The minimum Gasteiger partial charge on any atom is -0.318 e. The zero-order chi connectivity index (χ0) is 17.5. The molecule has 0 spiro atoms. The Labute approximate surface area is 146 Å². The zero-order valence-electron chi connectivity index (χ0n) is 13.6. The molecule has 0 bridgehead atoms. The summed E-state index contributed by atoms with van der Waals surface area (Å²) in [7, 11) is 0. The largest absolute Gasteiger partial charge is 0.318 e. The molecule has 0 saturated heterocycles. The molecule has 0 aliphatic heterocycles. The molecule has 0 atom stereocenters. The van der Waals surface area contributed by atoms with Gasteiger partial charge in [-0.1, -0.05) is 60.7 Å². The number of carbonyl (C=O) groups excluding carboxylic acids is 2. The van der Waals surface area contributed by atoms with E-state index < -0.39 is 11.8 Å². The summed E-state index contributed by atoms with van der Waals surface area (Å²) in [6.07, 6.45) is 8.37. The Morgan fingerprint density at radius 3 is 2.20 bits per heavy atom. The molecule has 0 heterocycles. The van der Waals surface area contributed by atoms with Crippen molar-refractivity contribution in [3.05, 3.63) is 95.7 Å². The van der Waals surface area contributed by atoms with E-state index in [0.717, 1.165) is 11.1 Å². The second kappa shape index (κ2) is 7.93. The maximum Gasteiger partial charge on any atom is 0.314 e. The molecule has 3 rings (SSSR count). The molecule has 2 amide bonds. The van der Waals surface area contributed by atoms with Gasteiger partial charge in [-0.05, 0) is 41.8 Å². The summed E-state index contributed by atoms with van der Waals surface area (Å²) >= 11 is 0. The topological polar surface area (TPSA) is 58.2 Å². The van der Waals surface area contributed by atoms with Crippen LogP contribution in [0.25, 0.3) is 6.08 Å². The number of hydrogen-bond donors (Lipinski definition) is 2. The fourth-order valence-corrected chi connectivity index (χ4v) is 2.47. The average molecular weight is 330 g/mol. The number of rotatable bonds is 3. The molecule has 2 N–H and O–H groups in total. The van der Waals surface area contributed by atoms with Gasteiger partial charge >= 0.3 is 11.8 Å². The summed E-state index contributed by atoms with van der Waals surface area (Å²) in [5, 5.41) is 5.28. The van der Waals surface area contributed by atoms with E-state index >= 15 is 0 Å². The van der Waals surface area contributed by atoms with Gasteiger partial charge in [0.2, 0.25) is 0 Å². The fraction of sp³-hybridized carbons (Fsp3) is 0.0476. The summed E-state index contributed by atoms with van der Waals surface area (Å²) in [5.74, 6) is -1.38. The lowest BCUT2D eigenvalue weighted by Crippen LogP contribution is -2.35. The average Bonchev–Trinajstić information content (AvgIpc) is 2.65. The molecule has 0 unspecified atom stereocenters. The molecule has 0 saturated carbocycles. The first-order chi connectivity index (χ1) is 12.2. The first kappa shape index (κ1) is 16.5. The van der Waals surface area contributed by atoms with Crippen molar-refractivity contribution in [1.29, 1.82) is 0 Å². The number of hydrogen-bond acceptors (Lipinski definition) is 2. The highest BCUT2D eigenvalue weighted by Crippen LogP contribution is 2.20. The maximum absolute atomic E-state index is 12.2. The summed E-state index contributed by atoms with van der Waals surface area (Å²) < 4.78 is 0. The van der Waals surface area contributed by atoms with Crippen LogP contribution in [0.3, 0.4) is 0 Å². The standard InChI is InChI=1S/C21H18N2O2/c24-20(22-18-12-5-2-6-13-18)21(25)23-19-14-8-7-11-17(19)15-16-9-3-1-4-10-16/h1-10,12-15H,11H2,(H,22,24)(H,23,25). The predicted molar refractivity (Wildman–Crippen MR) is 99.5 cm³/mol.